The van der Waals surface area contributed by atoms with E-state index in [1.165, 1.54) is 19.3 Å². The van der Waals surface area contributed by atoms with Crippen LogP contribution in [-0.2, 0) is 14.2 Å². The molecule has 2 unspecified atom stereocenters. The van der Waals surface area contributed by atoms with Gasteiger partial charge >= 0.3 is 0 Å². The van der Waals surface area contributed by atoms with Crippen LogP contribution in [0.3, 0.4) is 0 Å². The third kappa shape index (κ3) is 3.90. The summed E-state index contributed by atoms with van der Waals surface area (Å²) in [5.41, 5.74) is 0. The lowest BCUT2D eigenvalue weighted by Gasteiger charge is -2.26. The van der Waals surface area contributed by atoms with E-state index >= 15 is 0 Å². The Kier molecular flexibility index (Phi) is 5.51. The second-order valence-electron chi connectivity index (χ2n) is 5.93. The number of rotatable bonds is 7. The molecule has 3 aliphatic heterocycles. The summed E-state index contributed by atoms with van der Waals surface area (Å²) in [6.45, 7) is 5.02. The van der Waals surface area contributed by atoms with Crippen LogP contribution in [0.1, 0.15) is 39.0 Å². The number of nitrogens with zero attached hydrogens (tertiary/aromatic N) is 2. The molecule has 0 N–H and O–H groups in total. The van der Waals surface area contributed by atoms with Gasteiger partial charge in [0.1, 0.15) is 18.2 Å². The molecule has 3 rings (SSSR count). The van der Waals surface area contributed by atoms with E-state index in [0.717, 1.165) is 37.6 Å². The zero-order valence-corrected chi connectivity index (χ0v) is 13.4. The van der Waals surface area contributed by atoms with E-state index in [9.17, 15) is 0 Å². The fourth-order valence-corrected chi connectivity index (χ4v) is 3.04. The molecule has 3 heterocycles. The minimum absolute atomic E-state index is 0.0438. The highest BCUT2D eigenvalue weighted by atomic mass is 16.7. The van der Waals surface area contributed by atoms with Gasteiger partial charge in [-0.3, -0.25) is 4.99 Å². The zero-order valence-electron chi connectivity index (χ0n) is 13.4. The minimum atomic E-state index is -0.0438. The summed E-state index contributed by atoms with van der Waals surface area (Å²) >= 11 is 0. The van der Waals surface area contributed by atoms with Crippen LogP contribution < -0.4 is 0 Å². The van der Waals surface area contributed by atoms with E-state index in [1.54, 1.807) is 0 Å². The number of hydrogen-bond donors (Lipinski definition) is 0. The van der Waals surface area contributed by atoms with Crippen LogP contribution in [0.4, 0.5) is 0 Å². The van der Waals surface area contributed by atoms with E-state index < -0.39 is 0 Å². The number of hydrogen-bond acceptors (Lipinski definition) is 5. The second kappa shape index (κ2) is 7.79. The van der Waals surface area contributed by atoms with Crippen molar-refractivity contribution in [1.82, 2.24) is 4.90 Å². The third-order valence-electron chi connectivity index (χ3n) is 4.21. The van der Waals surface area contributed by atoms with Crippen molar-refractivity contribution in [3.05, 3.63) is 24.1 Å². The molecule has 2 atom stereocenters. The average Bonchev–Trinajstić information content (AvgIpc) is 2.95. The second-order valence-corrected chi connectivity index (χ2v) is 5.93. The van der Waals surface area contributed by atoms with Gasteiger partial charge in [-0.1, -0.05) is 13.3 Å². The maximum absolute atomic E-state index is 5.76. The molecule has 122 valence electrons. The first kappa shape index (κ1) is 15.6. The van der Waals surface area contributed by atoms with Crippen LogP contribution in [0.25, 0.3) is 0 Å². The predicted molar refractivity (Wildman–Crippen MR) is 85.6 cm³/mol. The van der Waals surface area contributed by atoms with Crippen LogP contribution in [0.5, 0.6) is 0 Å². The van der Waals surface area contributed by atoms with Gasteiger partial charge in [-0.2, -0.15) is 0 Å². The van der Waals surface area contributed by atoms with Gasteiger partial charge in [0, 0.05) is 18.9 Å². The topological polar surface area (TPSA) is 43.3 Å². The van der Waals surface area contributed by atoms with Gasteiger partial charge in [0.2, 0.25) is 0 Å². The molecular formula is C17H26N2O3. The zero-order chi connectivity index (χ0) is 15.2. The number of aliphatic imine (C=N–C) groups is 1. The first-order valence-corrected chi connectivity index (χ1v) is 8.45. The summed E-state index contributed by atoms with van der Waals surface area (Å²) < 4.78 is 17.0. The van der Waals surface area contributed by atoms with Crippen LogP contribution >= 0.6 is 0 Å². The Morgan fingerprint density at radius 3 is 3.14 bits per heavy atom. The molecule has 0 aromatic rings. The van der Waals surface area contributed by atoms with Crippen LogP contribution in [0.2, 0.25) is 0 Å². The number of ether oxygens (including phenoxy) is 3. The first-order valence-electron chi connectivity index (χ1n) is 8.45. The maximum atomic E-state index is 5.76. The van der Waals surface area contributed by atoms with Crippen LogP contribution in [-0.4, -0.2) is 49.4 Å². The molecule has 3 aliphatic rings. The normalized spacial score (nSPS) is 27.4. The highest BCUT2D eigenvalue weighted by molar-refractivity contribution is 5.96. The number of amidine groups is 1. The van der Waals surface area contributed by atoms with E-state index in [0.29, 0.717) is 19.3 Å². The lowest BCUT2D eigenvalue weighted by Crippen LogP contribution is -2.32. The van der Waals surface area contributed by atoms with E-state index in [-0.39, 0.29) is 6.29 Å². The Hall–Kier alpha value is -1.33. The van der Waals surface area contributed by atoms with Gasteiger partial charge < -0.3 is 19.1 Å². The molecule has 1 fully saturated rings. The Morgan fingerprint density at radius 2 is 2.32 bits per heavy atom. The molecule has 0 saturated carbocycles. The van der Waals surface area contributed by atoms with Crippen molar-refractivity contribution in [1.29, 1.82) is 0 Å². The van der Waals surface area contributed by atoms with Crippen molar-refractivity contribution >= 4 is 5.84 Å². The van der Waals surface area contributed by atoms with Gasteiger partial charge in [-0.05, 0) is 31.8 Å². The Balaban J connectivity index is 1.39. The molecule has 22 heavy (non-hydrogen) atoms. The Bertz CT molecular complexity index is 453. The number of fused-ring (bicyclic) bond motifs is 1. The highest BCUT2D eigenvalue weighted by Gasteiger charge is 2.26. The molecule has 0 spiro atoms. The summed E-state index contributed by atoms with van der Waals surface area (Å²) in [6, 6.07) is 0.515. The van der Waals surface area contributed by atoms with E-state index in [4.69, 9.17) is 14.2 Å². The minimum Gasteiger partial charge on any atom is -0.491 e. The number of allylic oxidation sites excluding steroid dienone is 1. The quantitative estimate of drug-likeness (QED) is 0.678. The van der Waals surface area contributed by atoms with Crippen LogP contribution in [0, 0.1) is 0 Å². The third-order valence-corrected chi connectivity index (χ3v) is 4.21. The molecular weight excluding hydrogens is 280 g/mol. The summed E-state index contributed by atoms with van der Waals surface area (Å²) in [5, 5.41) is 0. The molecule has 5 heteroatoms. The smallest absolute Gasteiger partial charge is 0.157 e. The lowest BCUT2D eigenvalue weighted by molar-refractivity contribution is -0.167. The van der Waals surface area contributed by atoms with Gasteiger partial charge in [-0.25, -0.2) is 0 Å². The van der Waals surface area contributed by atoms with E-state index in [1.807, 2.05) is 12.2 Å². The van der Waals surface area contributed by atoms with Gasteiger partial charge in [-0.15, -0.1) is 0 Å². The van der Waals surface area contributed by atoms with Gasteiger partial charge in [0.15, 0.2) is 6.29 Å². The van der Waals surface area contributed by atoms with Gasteiger partial charge in [0.05, 0.1) is 19.2 Å². The predicted octanol–water partition coefficient (Wildman–Crippen LogP) is 2.84. The van der Waals surface area contributed by atoms with Crippen LogP contribution in [0.15, 0.2) is 29.1 Å². The summed E-state index contributed by atoms with van der Waals surface area (Å²) in [6.07, 6.45) is 11.8. The highest BCUT2D eigenvalue weighted by Crippen LogP contribution is 2.22. The molecule has 0 aliphatic carbocycles. The van der Waals surface area contributed by atoms with Crippen molar-refractivity contribution in [2.24, 2.45) is 4.99 Å². The average molecular weight is 306 g/mol. The summed E-state index contributed by atoms with van der Waals surface area (Å²) in [7, 11) is 0. The Labute approximate surface area is 132 Å². The fourth-order valence-electron chi connectivity index (χ4n) is 3.04. The van der Waals surface area contributed by atoms with Crippen molar-refractivity contribution in [2.75, 3.05) is 26.4 Å². The van der Waals surface area contributed by atoms with E-state index in [2.05, 4.69) is 23.0 Å². The molecule has 0 aromatic carbocycles. The first-order chi connectivity index (χ1) is 10.9. The molecule has 0 bridgehead atoms. The van der Waals surface area contributed by atoms with Crippen molar-refractivity contribution in [2.45, 2.75) is 51.4 Å². The van der Waals surface area contributed by atoms with Crippen molar-refractivity contribution < 1.29 is 14.2 Å². The Morgan fingerprint density at radius 1 is 1.36 bits per heavy atom. The monoisotopic (exact) mass is 306 g/mol. The standard InChI is InChI=1S/C17H26N2O3/c1-2-5-14-13-18-16-12-15(7-8-19(14)16)20-10-11-22-17-6-3-4-9-21-17/h7-8,12,14,17H,2-6,9-11,13H2,1H3. The molecule has 5 nitrogen and oxygen atoms in total. The fraction of sp³-hybridized carbons (Fsp3) is 0.706. The molecule has 0 radical (unpaired) electrons. The SMILES string of the molecule is CCCC1CN=C2C=C(OCCOC3CCCCO3)C=CN21. The molecule has 0 amide bonds. The maximum Gasteiger partial charge on any atom is 0.157 e. The van der Waals surface area contributed by atoms with Gasteiger partial charge in [0.25, 0.3) is 0 Å². The largest absolute Gasteiger partial charge is 0.491 e. The lowest BCUT2D eigenvalue weighted by atomic mass is 10.1. The molecule has 1 saturated heterocycles. The van der Waals surface area contributed by atoms with Crippen molar-refractivity contribution in [3.63, 3.8) is 0 Å². The molecule has 0 aromatic heterocycles. The van der Waals surface area contributed by atoms with Crippen molar-refractivity contribution in [3.8, 4) is 0 Å². The summed E-state index contributed by atoms with van der Waals surface area (Å²) in [5.74, 6) is 1.88. The summed E-state index contributed by atoms with van der Waals surface area (Å²) in [4.78, 5) is 6.85.